The highest BCUT2D eigenvalue weighted by molar-refractivity contribution is 5.77. The van der Waals surface area contributed by atoms with Crippen LogP contribution in [0, 0.1) is 6.92 Å². The number of likely N-dealkylation sites (N-methyl/N-ethyl adjacent to an activating group) is 1. The SMILES string of the molecule is CCOCC(=O)N(C)CCOc1ccccc1C. The summed E-state index contributed by atoms with van der Waals surface area (Å²) >= 11 is 0. The molecule has 0 saturated heterocycles. The Labute approximate surface area is 108 Å². The van der Waals surface area contributed by atoms with Gasteiger partial charge in [0, 0.05) is 13.7 Å². The highest BCUT2D eigenvalue weighted by Gasteiger charge is 2.08. The fourth-order valence-corrected chi connectivity index (χ4v) is 1.44. The lowest BCUT2D eigenvalue weighted by Gasteiger charge is -2.17. The molecule has 0 fully saturated rings. The van der Waals surface area contributed by atoms with Gasteiger partial charge in [0.25, 0.3) is 0 Å². The zero-order valence-corrected chi connectivity index (χ0v) is 11.3. The van der Waals surface area contributed by atoms with E-state index in [-0.39, 0.29) is 12.5 Å². The van der Waals surface area contributed by atoms with Crippen molar-refractivity contribution in [1.82, 2.24) is 4.90 Å². The predicted molar refractivity (Wildman–Crippen MR) is 70.8 cm³/mol. The summed E-state index contributed by atoms with van der Waals surface area (Å²) in [6, 6.07) is 7.84. The number of amides is 1. The molecule has 0 unspecified atom stereocenters. The third-order valence-electron chi connectivity index (χ3n) is 2.63. The minimum absolute atomic E-state index is 0.0229. The van der Waals surface area contributed by atoms with E-state index in [2.05, 4.69) is 0 Å². The Morgan fingerprint density at radius 1 is 1.33 bits per heavy atom. The highest BCUT2D eigenvalue weighted by atomic mass is 16.5. The minimum Gasteiger partial charge on any atom is -0.491 e. The quantitative estimate of drug-likeness (QED) is 0.742. The molecule has 1 rings (SSSR count). The van der Waals surface area contributed by atoms with E-state index in [0.717, 1.165) is 11.3 Å². The average Bonchev–Trinajstić information content (AvgIpc) is 2.38. The van der Waals surface area contributed by atoms with E-state index in [1.54, 1.807) is 11.9 Å². The summed E-state index contributed by atoms with van der Waals surface area (Å²) in [6.07, 6.45) is 0. The Kier molecular flexibility index (Phi) is 6.22. The van der Waals surface area contributed by atoms with E-state index in [9.17, 15) is 4.79 Å². The molecule has 0 aliphatic rings. The zero-order valence-electron chi connectivity index (χ0n) is 11.3. The first kappa shape index (κ1) is 14.5. The molecule has 4 heteroatoms. The molecule has 0 bridgehead atoms. The number of benzene rings is 1. The van der Waals surface area contributed by atoms with Crippen LogP contribution in [0.4, 0.5) is 0 Å². The molecule has 0 spiro atoms. The van der Waals surface area contributed by atoms with Crippen molar-refractivity contribution >= 4 is 5.91 Å². The van der Waals surface area contributed by atoms with Crippen molar-refractivity contribution in [3.8, 4) is 5.75 Å². The van der Waals surface area contributed by atoms with Crippen molar-refractivity contribution in [2.24, 2.45) is 0 Å². The van der Waals surface area contributed by atoms with E-state index in [1.165, 1.54) is 0 Å². The van der Waals surface area contributed by atoms with Crippen LogP contribution in [0.2, 0.25) is 0 Å². The summed E-state index contributed by atoms with van der Waals surface area (Å²) in [7, 11) is 1.75. The van der Waals surface area contributed by atoms with E-state index < -0.39 is 0 Å². The largest absolute Gasteiger partial charge is 0.491 e. The smallest absolute Gasteiger partial charge is 0.248 e. The van der Waals surface area contributed by atoms with Crippen LogP contribution >= 0.6 is 0 Å². The number of carbonyl (C=O) groups excluding carboxylic acids is 1. The Balaban J connectivity index is 2.29. The van der Waals surface area contributed by atoms with Crippen LogP contribution in [-0.2, 0) is 9.53 Å². The van der Waals surface area contributed by atoms with Crippen LogP contribution in [0.25, 0.3) is 0 Å². The first-order valence-electron chi connectivity index (χ1n) is 6.15. The molecule has 0 aromatic heterocycles. The van der Waals surface area contributed by atoms with Crippen molar-refractivity contribution in [3.05, 3.63) is 29.8 Å². The van der Waals surface area contributed by atoms with Gasteiger partial charge in [-0.25, -0.2) is 0 Å². The molecule has 0 atom stereocenters. The first-order valence-corrected chi connectivity index (χ1v) is 6.15. The number of aryl methyl sites for hydroxylation is 1. The van der Waals surface area contributed by atoms with Gasteiger partial charge in [-0.1, -0.05) is 18.2 Å². The Hall–Kier alpha value is -1.55. The lowest BCUT2D eigenvalue weighted by molar-refractivity contribution is -0.134. The van der Waals surface area contributed by atoms with Gasteiger partial charge in [0.15, 0.2) is 0 Å². The first-order chi connectivity index (χ1) is 8.65. The van der Waals surface area contributed by atoms with Gasteiger partial charge in [0.1, 0.15) is 19.0 Å². The van der Waals surface area contributed by atoms with Crippen LogP contribution < -0.4 is 4.74 Å². The Morgan fingerprint density at radius 3 is 2.72 bits per heavy atom. The van der Waals surface area contributed by atoms with Gasteiger partial charge in [-0.15, -0.1) is 0 Å². The topological polar surface area (TPSA) is 38.8 Å². The summed E-state index contributed by atoms with van der Waals surface area (Å²) in [5, 5.41) is 0. The molecular weight excluding hydrogens is 230 g/mol. The summed E-state index contributed by atoms with van der Waals surface area (Å²) in [5.41, 5.74) is 1.10. The van der Waals surface area contributed by atoms with Gasteiger partial charge in [-0.2, -0.15) is 0 Å². The van der Waals surface area contributed by atoms with Crippen molar-refractivity contribution < 1.29 is 14.3 Å². The number of rotatable bonds is 7. The number of para-hydroxylation sites is 1. The van der Waals surface area contributed by atoms with Crippen LogP contribution in [0.3, 0.4) is 0 Å². The zero-order chi connectivity index (χ0) is 13.4. The normalized spacial score (nSPS) is 10.2. The molecule has 0 saturated carbocycles. The van der Waals surface area contributed by atoms with Gasteiger partial charge in [-0.05, 0) is 25.5 Å². The Morgan fingerprint density at radius 2 is 2.06 bits per heavy atom. The molecule has 1 amide bonds. The third kappa shape index (κ3) is 4.75. The maximum absolute atomic E-state index is 11.6. The lowest BCUT2D eigenvalue weighted by Crippen LogP contribution is -2.33. The maximum atomic E-state index is 11.6. The maximum Gasteiger partial charge on any atom is 0.248 e. The van der Waals surface area contributed by atoms with Crippen molar-refractivity contribution in [3.63, 3.8) is 0 Å². The van der Waals surface area contributed by atoms with E-state index >= 15 is 0 Å². The summed E-state index contributed by atoms with van der Waals surface area (Å²) < 4.78 is 10.7. The lowest BCUT2D eigenvalue weighted by atomic mass is 10.2. The second-order valence-corrected chi connectivity index (χ2v) is 4.07. The molecule has 1 aromatic carbocycles. The molecular formula is C14H21NO3. The van der Waals surface area contributed by atoms with E-state index in [0.29, 0.717) is 19.8 Å². The molecule has 4 nitrogen and oxygen atoms in total. The van der Waals surface area contributed by atoms with Gasteiger partial charge in [0.2, 0.25) is 5.91 Å². The molecule has 0 N–H and O–H groups in total. The molecule has 0 aliphatic carbocycles. The minimum atomic E-state index is -0.0229. The van der Waals surface area contributed by atoms with Crippen molar-refractivity contribution in [2.45, 2.75) is 13.8 Å². The number of ether oxygens (including phenoxy) is 2. The molecule has 0 aliphatic heterocycles. The summed E-state index contributed by atoms with van der Waals surface area (Å²) in [6.45, 7) is 5.60. The molecule has 18 heavy (non-hydrogen) atoms. The van der Waals surface area contributed by atoms with Crippen molar-refractivity contribution in [1.29, 1.82) is 0 Å². The molecule has 1 aromatic rings. The number of nitrogens with zero attached hydrogens (tertiary/aromatic N) is 1. The molecule has 0 radical (unpaired) electrons. The third-order valence-corrected chi connectivity index (χ3v) is 2.63. The van der Waals surface area contributed by atoms with Crippen LogP contribution in [0.5, 0.6) is 5.75 Å². The van der Waals surface area contributed by atoms with Gasteiger partial charge in [-0.3, -0.25) is 4.79 Å². The van der Waals surface area contributed by atoms with Gasteiger partial charge < -0.3 is 14.4 Å². The van der Waals surface area contributed by atoms with Crippen molar-refractivity contribution in [2.75, 3.05) is 33.4 Å². The van der Waals surface area contributed by atoms with Crippen LogP contribution in [0.15, 0.2) is 24.3 Å². The van der Waals surface area contributed by atoms with E-state index in [1.807, 2.05) is 38.1 Å². The number of hydrogen-bond donors (Lipinski definition) is 0. The number of hydrogen-bond acceptors (Lipinski definition) is 3. The highest BCUT2D eigenvalue weighted by Crippen LogP contribution is 2.15. The van der Waals surface area contributed by atoms with Gasteiger partial charge in [0.05, 0.1) is 6.54 Å². The Bertz CT molecular complexity index is 379. The van der Waals surface area contributed by atoms with Crippen LogP contribution in [0.1, 0.15) is 12.5 Å². The number of carbonyl (C=O) groups is 1. The standard InChI is InChI=1S/C14H21NO3/c1-4-17-11-14(16)15(3)9-10-18-13-8-6-5-7-12(13)2/h5-8H,4,9-11H2,1-3H3. The predicted octanol–water partition coefficient (Wildman–Crippen LogP) is 1.87. The van der Waals surface area contributed by atoms with Crippen LogP contribution in [-0.4, -0.2) is 44.2 Å². The summed E-state index contributed by atoms with van der Waals surface area (Å²) in [5.74, 6) is 0.841. The fourth-order valence-electron chi connectivity index (χ4n) is 1.44. The molecule has 0 heterocycles. The van der Waals surface area contributed by atoms with Gasteiger partial charge >= 0.3 is 0 Å². The van der Waals surface area contributed by atoms with E-state index in [4.69, 9.17) is 9.47 Å². The summed E-state index contributed by atoms with van der Waals surface area (Å²) in [4.78, 5) is 13.2. The average molecular weight is 251 g/mol. The molecule has 100 valence electrons. The monoisotopic (exact) mass is 251 g/mol. The fraction of sp³-hybridized carbons (Fsp3) is 0.500. The second kappa shape index (κ2) is 7.71. The second-order valence-electron chi connectivity index (χ2n) is 4.07.